The summed E-state index contributed by atoms with van der Waals surface area (Å²) in [6.07, 6.45) is 6.51. The van der Waals surface area contributed by atoms with Gasteiger partial charge in [0.1, 0.15) is 5.75 Å². The lowest BCUT2D eigenvalue weighted by atomic mass is 10.1. The fraction of sp³-hybridized carbons (Fsp3) is 0.750. The third-order valence-electron chi connectivity index (χ3n) is 3.21. The van der Waals surface area contributed by atoms with Crippen LogP contribution in [0.3, 0.4) is 0 Å². The zero-order valence-corrected chi connectivity index (χ0v) is 11.5. The maximum Gasteiger partial charge on any atom is 0.219 e. The molecule has 1 heterocycles. The van der Waals surface area contributed by atoms with Crippen LogP contribution in [-0.4, -0.2) is 19.6 Å². The summed E-state index contributed by atoms with van der Waals surface area (Å²) in [5.74, 6) is 0.276. The van der Waals surface area contributed by atoms with Gasteiger partial charge in [0.05, 0.1) is 5.69 Å². The SMILES string of the molecule is Cc1cc(CS(=O)(=O)NC2CCCCCC2)on1. The summed E-state index contributed by atoms with van der Waals surface area (Å²) in [4.78, 5) is 0. The summed E-state index contributed by atoms with van der Waals surface area (Å²) in [7, 11) is -3.32. The first-order valence-electron chi connectivity index (χ1n) is 6.47. The molecule has 2 rings (SSSR count). The predicted molar refractivity (Wildman–Crippen MR) is 68.5 cm³/mol. The third-order valence-corrected chi connectivity index (χ3v) is 4.57. The van der Waals surface area contributed by atoms with Gasteiger partial charge in [0.25, 0.3) is 0 Å². The quantitative estimate of drug-likeness (QED) is 0.852. The van der Waals surface area contributed by atoms with Crippen molar-refractivity contribution in [1.82, 2.24) is 9.88 Å². The molecule has 0 amide bonds. The fourth-order valence-electron chi connectivity index (χ4n) is 2.36. The molecule has 0 aliphatic heterocycles. The topological polar surface area (TPSA) is 72.2 Å². The number of hydrogen-bond donors (Lipinski definition) is 1. The normalized spacial score (nSPS) is 18.7. The molecule has 0 unspecified atom stereocenters. The van der Waals surface area contributed by atoms with Gasteiger partial charge in [0, 0.05) is 12.1 Å². The molecule has 1 aliphatic rings. The summed E-state index contributed by atoms with van der Waals surface area (Å²) < 4.78 is 31.7. The Kier molecular flexibility index (Phi) is 4.40. The number of nitrogens with one attached hydrogen (secondary N) is 1. The number of nitrogens with zero attached hydrogens (tertiary/aromatic N) is 1. The van der Waals surface area contributed by atoms with E-state index in [1.807, 2.05) is 0 Å². The Morgan fingerprint density at radius 3 is 2.56 bits per heavy atom. The highest BCUT2D eigenvalue weighted by Crippen LogP contribution is 2.18. The lowest BCUT2D eigenvalue weighted by Gasteiger charge is -2.15. The monoisotopic (exact) mass is 272 g/mol. The molecule has 1 saturated carbocycles. The van der Waals surface area contributed by atoms with Crippen molar-refractivity contribution in [3.63, 3.8) is 0 Å². The van der Waals surface area contributed by atoms with Crippen LogP contribution in [0.5, 0.6) is 0 Å². The number of aryl methyl sites for hydroxylation is 1. The highest BCUT2D eigenvalue weighted by molar-refractivity contribution is 7.88. The van der Waals surface area contributed by atoms with Crippen LogP contribution in [0.4, 0.5) is 0 Å². The molecule has 1 fully saturated rings. The molecule has 1 aliphatic carbocycles. The Labute approximate surface area is 108 Å². The van der Waals surface area contributed by atoms with Crippen molar-refractivity contribution >= 4 is 10.0 Å². The van der Waals surface area contributed by atoms with Gasteiger partial charge in [-0.25, -0.2) is 13.1 Å². The maximum atomic E-state index is 12.0. The fourth-order valence-corrected chi connectivity index (χ4v) is 3.70. The Balaban J connectivity index is 1.94. The second-order valence-electron chi connectivity index (χ2n) is 5.00. The van der Waals surface area contributed by atoms with E-state index >= 15 is 0 Å². The number of hydrogen-bond acceptors (Lipinski definition) is 4. The molecule has 0 atom stereocenters. The average Bonchev–Trinajstić information content (AvgIpc) is 2.52. The van der Waals surface area contributed by atoms with Crippen LogP contribution in [0.25, 0.3) is 0 Å². The zero-order chi connectivity index (χ0) is 13.0. The van der Waals surface area contributed by atoms with E-state index in [1.54, 1.807) is 13.0 Å². The minimum Gasteiger partial charge on any atom is -0.360 e. The molecule has 1 aromatic heterocycles. The lowest BCUT2D eigenvalue weighted by molar-refractivity contribution is 0.387. The van der Waals surface area contributed by atoms with E-state index in [0.29, 0.717) is 11.5 Å². The van der Waals surface area contributed by atoms with Crippen molar-refractivity contribution in [1.29, 1.82) is 0 Å². The predicted octanol–water partition coefficient (Wildman–Crippen LogP) is 2.13. The van der Waals surface area contributed by atoms with E-state index in [2.05, 4.69) is 9.88 Å². The second-order valence-corrected chi connectivity index (χ2v) is 6.75. The van der Waals surface area contributed by atoms with Crippen molar-refractivity contribution in [3.8, 4) is 0 Å². The molecule has 6 heteroatoms. The van der Waals surface area contributed by atoms with Crippen molar-refractivity contribution in [2.45, 2.75) is 57.2 Å². The molecule has 0 bridgehead atoms. The van der Waals surface area contributed by atoms with E-state index in [4.69, 9.17) is 4.52 Å². The van der Waals surface area contributed by atoms with E-state index in [1.165, 1.54) is 12.8 Å². The van der Waals surface area contributed by atoms with Crippen LogP contribution in [0.15, 0.2) is 10.6 Å². The summed E-state index contributed by atoms with van der Waals surface area (Å²) >= 11 is 0. The van der Waals surface area contributed by atoms with Gasteiger partial charge in [-0.2, -0.15) is 0 Å². The molecular formula is C12H20N2O3S. The van der Waals surface area contributed by atoms with Crippen LogP contribution in [0.1, 0.15) is 50.0 Å². The highest BCUT2D eigenvalue weighted by Gasteiger charge is 2.21. The summed E-state index contributed by atoms with van der Waals surface area (Å²) in [6.45, 7) is 1.78. The molecule has 1 aromatic rings. The summed E-state index contributed by atoms with van der Waals surface area (Å²) in [5, 5.41) is 3.70. The van der Waals surface area contributed by atoms with Gasteiger partial charge < -0.3 is 4.52 Å². The molecule has 5 nitrogen and oxygen atoms in total. The Hall–Kier alpha value is -0.880. The molecule has 1 N–H and O–H groups in total. The Morgan fingerprint density at radius 2 is 2.00 bits per heavy atom. The van der Waals surface area contributed by atoms with Gasteiger partial charge in [-0.1, -0.05) is 30.8 Å². The van der Waals surface area contributed by atoms with Gasteiger partial charge in [0.2, 0.25) is 10.0 Å². The molecule has 0 aromatic carbocycles. The van der Waals surface area contributed by atoms with Gasteiger partial charge in [-0.05, 0) is 19.8 Å². The van der Waals surface area contributed by atoms with Crippen LogP contribution in [0.2, 0.25) is 0 Å². The Morgan fingerprint density at radius 1 is 1.33 bits per heavy atom. The first-order valence-corrected chi connectivity index (χ1v) is 8.12. The lowest BCUT2D eigenvalue weighted by Crippen LogP contribution is -2.35. The van der Waals surface area contributed by atoms with Gasteiger partial charge in [-0.15, -0.1) is 0 Å². The molecule has 0 saturated heterocycles. The summed E-state index contributed by atoms with van der Waals surface area (Å²) in [6, 6.07) is 1.74. The van der Waals surface area contributed by atoms with Crippen molar-refractivity contribution in [3.05, 3.63) is 17.5 Å². The van der Waals surface area contributed by atoms with Gasteiger partial charge >= 0.3 is 0 Å². The van der Waals surface area contributed by atoms with E-state index in [9.17, 15) is 8.42 Å². The first kappa shape index (κ1) is 13.5. The molecule has 18 heavy (non-hydrogen) atoms. The molecular weight excluding hydrogens is 252 g/mol. The number of rotatable bonds is 4. The zero-order valence-electron chi connectivity index (χ0n) is 10.7. The van der Waals surface area contributed by atoms with E-state index in [0.717, 1.165) is 25.7 Å². The second kappa shape index (κ2) is 5.84. The van der Waals surface area contributed by atoms with Crippen LogP contribution in [-0.2, 0) is 15.8 Å². The smallest absolute Gasteiger partial charge is 0.219 e. The first-order chi connectivity index (χ1) is 8.55. The molecule has 102 valence electrons. The van der Waals surface area contributed by atoms with Crippen molar-refractivity contribution in [2.24, 2.45) is 0 Å². The molecule has 0 spiro atoms. The van der Waals surface area contributed by atoms with Crippen LogP contribution < -0.4 is 4.72 Å². The van der Waals surface area contributed by atoms with E-state index in [-0.39, 0.29) is 11.8 Å². The summed E-state index contributed by atoms with van der Waals surface area (Å²) in [5.41, 5.74) is 0.703. The van der Waals surface area contributed by atoms with Crippen molar-refractivity contribution < 1.29 is 12.9 Å². The Bertz CT molecular complexity index is 473. The molecule has 0 radical (unpaired) electrons. The third kappa shape index (κ3) is 4.10. The van der Waals surface area contributed by atoms with Gasteiger partial charge in [-0.3, -0.25) is 0 Å². The average molecular weight is 272 g/mol. The van der Waals surface area contributed by atoms with E-state index < -0.39 is 10.0 Å². The largest absolute Gasteiger partial charge is 0.360 e. The number of aromatic nitrogens is 1. The van der Waals surface area contributed by atoms with Crippen LogP contribution in [0, 0.1) is 6.92 Å². The minimum absolute atomic E-state index is 0.0847. The van der Waals surface area contributed by atoms with Crippen molar-refractivity contribution in [2.75, 3.05) is 0 Å². The standard InChI is InChI=1S/C12H20N2O3S/c1-10-8-12(17-13-10)9-18(15,16)14-11-6-4-2-3-5-7-11/h8,11,14H,2-7,9H2,1H3. The van der Waals surface area contributed by atoms with Gasteiger partial charge in [0.15, 0.2) is 5.76 Å². The maximum absolute atomic E-state index is 12.0. The van der Waals surface area contributed by atoms with Crippen LogP contribution >= 0.6 is 0 Å². The minimum atomic E-state index is -3.32. The number of sulfonamides is 1. The highest BCUT2D eigenvalue weighted by atomic mass is 32.2.